The molecule has 104 valence electrons. The standard InChI is InChI=1S/C16H23NO2/c1-5-10-19-15-9-7-6-8-14(15)11-17-12-16(4,18)13(2)3/h1,6-9,13,17-18H,10-12H2,2-4H3. The van der Waals surface area contributed by atoms with Crippen molar-refractivity contribution in [2.45, 2.75) is 32.9 Å². The maximum absolute atomic E-state index is 10.2. The fourth-order valence-electron chi connectivity index (χ4n) is 1.56. The Morgan fingerprint density at radius 3 is 2.74 bits per heavy atom. The zero-order chi connectivity index (χ0) is 14.3. The Bertz CT molecular complexity index is 433. The van der Waals surface area contributed by atoms with Crippen LogP contribution < -0.4 is 10.1 Å². The molecule has 1 atom stereocenters. The lowest BCUT2D eigenvalue weighted by Gasteiger charge is -2.28. The summed E-state index contributed by atoms with van der Waals surface area (Å²) in [5, 5.41) is 13.4. The predicted octanol–water partition coefficient (Wildman–Crippen LogP) is 2.20. The maximum Gasteiger partial charge on any atom is 0.148 e. The molecule has 1 aromatic carbocycles. The second kappa shape index (κ2) is 7.18. The van der Waals surface area contributed by atoms with Crippen LogP contribution in [0.3, 0.4) is 0 Å². The van der Waals surface area contributed by atoms with E-state index < -0.39 is 5.60 Å². The van der Waals surface area contributed by atoms with E-state index in [0.717, 1.165) is 11.3 Å². The molecule has 0 amide bonds. The van der Waals surface area contributed by atoms with Crippen molar-refractivity contribution in [1.82, 2.24) is 5.32 Å². The third kappa shape index (κ3) is 4.94. The molecule has 3 nitrogen and oxygen atoms in total. The van der Waals surface area contributed by atoms with Crippen molar-refractivity contribution in [3.8, 4) is 18.1 Å². The Kier molecular flexibility index (Phi) is 5.88. The van der Waals surface area contributed by atoms with Gasteiger partial charge in [-0.2, -0.15) is 0 Å². The zero-order valence-corrected chi connectivity index (χ0v) is 11.9. The average molecular weight is 261 g/mol. The van der Waals surface area contributed by atoms with Gasteiger partial charge in [-0.05, 0) is 18.9 Å². The van der Waals surface area contributed by atoms with Crippen LogP contribution in [0, 0.1) is 18.3 Å². The molecule has 0 radical (unpaired) electrons. The first kappa shape index (κ1) is 15.6. The Hall–Kier alpha value is -1.50. The minimum absolute atomic E-state index is 0.202. The molecule has 0 saturated carbocycles. The minimum atomic E-state index is -0.714. The van der Waals surface area contributed by atoms with E-state index in [4.69, 9.17) is 11.2 Å². The van der Waals surface area contributed by atoms with Gasteiger partial charge in [-0.15, -0.1) is 6.42 Å². The number of rotatable bonds is 7. The molecule has 0 aliphatic heterocycles. The summed E-state index contributed by atoms with van der Waals surface area (Å²) in [7, 11) is 0. The molecule has 0 aliphatic rings. The monoisotopic (exact) mass is 261 g/mol. The van der Waals surface area contributed by atoms with Gasteiger partial charge in [-0.1, -0.05) is 38.0 Å². The first-order chi connectivity index (χ1) is 8.97. The minimum Gasteiger partial charge on any atom is -0.481 e. The summed E-state index contributed by atoms with van der Waals surface area (Å²) in [6, 6.07) is 7.76. The quantitative estimate of drug-likeness (QED) is 0.739. The van der Waals surface area contributed by atoms with Crippen LogP contribution >= 0.6 is 0 Å². The van der Waals surface area contributed by atoms with Crippen LogP contribution in [0.4, 0.5) is 0 Å². The largest absolute Gasteiger partial charge is 0.481 e. The molecule has 19 heavy (non-hydrogen) atoms. The Morgan fingerprint density at radius 2 is 2.11 bits per heavy atom. The number of aliphatic hydroxyl groups is 1. The number of hydrogen-bond donors (Lipinski definition) is 2. The number of nitrogens with one attached hydrogen (secondary N) is 1. The fraction of sp³-hybridized carbons (Fsp3) is 0.500. The highest BCUT2D eigenvalue weighted by atomic mass is 16.5. The Labute approximate surface area is 116 Å². The van der Waals surface area contributed by atoms with Crippen molar-refractivity contribution < 1.29 is 9.84 Å². The van der Waals surface area contributed by atoms with Crippen molar-refractivity contribution in [2.24, 2.45) is 5.92 Å². The van der Waals surface area contributed by atoms with Crippen LogP contribution in [0.15, 0.2) is 24.3 Å². The molecule has 3 heteroatoms. The van der Waals surface area contributed by atoms with E-state index in [-0.39, 0.29) is 12.5 Å². The molecule has 1 unspecified atom stereocenters. The lowest BCUT2D eigenvalue weighted by atomic mass is 9.92. The van der Waals surface area contributed by atoms with Crippen molar-refractivity contribution in [2.75, 3.05) is 13.2 Å². The number of ether oxygens (including phenoxy) is 1. The smallest absolute Gasteiger partial charge is 0.148 e. The fourth-order valence-corrected chi connectivity index (χ4v) is 1.56. The van der Waals surface area contributed by atoms with Gasteiger partial charge in [0.2, 0.25) is 0 Å². The normalized spacial score (nSPS) is 13.9. The summed E-state index contributed by atoms with van der Waals surface area (Å²) in [6.45, 7) is 7.29. The lowest BCUT2D eigenvalue weighted by molar-refractivity contribution is 0.0139. The zero-order valence-electron chi connectivity index (χ0n) is 11.9. The molecule has 0 spiro atoms. The molecule has 0 fully saturated rings. The van der Waals surface area contributed by atoms with Crippen molar-refractivity contribution in [1.29, 1.82) is 0 Å². The van der Waals surface area contributed by atoms with Gasteiger partial charge in [0.25, 0.3) is 0 Å². The van der Waals surface area contributed by atoms with E-state index in [1.54, 1.807) is 0 Å². The molecule has 0 heterocycles. The highest BCUT2D eigenvalue weighted by Gasteiger charge is 2.24. The van der Waals surface area contributed by atoms with Gasteiger partial charge in [0.1, 0.15) is 12.4 Å². The molecule has 1 aromatic rings. The van der Waals surface area contributed by atoms with Crippen LogP contribution in [0.25, 0.3) is 0 Å². The lowest BCUT2D eigenvalue weighted by Crippen LogP contribution is -2.42. The summed E-state index contributed by atoms with van der Waals surface area (Å²) in [4.78, 5) is 0. The van der Waals surface area contributed by atoms with Crippen LogP contribution in [-0.2, 0) is 6.54 Å². The Morgan fingerprint density at radius 1 is 1.42 bits per heavy atom. The highest BCUT2D eigenvalue weighted by Crippen LogP contribution is 2.19. The van der Waals surface area contributed by atoms with Crippen LogP contribution in [0.1, 0.15) is 26.3 Å². The maximum atomic E-state index is 10.2. The van der Waals surface area contributed by atoms with Gasteiger partial charge in [-0.25, -0.2) is 0 Å². The molecule has 1 rings (SSSR count). The third-order valence-corrected chi connectivity index (χ3v) is 3.33. The first-order valence-corrected chi connectivity index (χ1v) is 6.54. The number of para-hydroxylation sites is 1. The molecule has 0 aromatic heterocycles. The molecular weight excluding hydrogens is 238 g/mol. The van der Waals surface area contributed by atoms with Gasteiger partial charge in [0.15, 0.2) is 0 Å². The molecular formula is C16H23NO2. The van der Waals surface area contributed by atoms with Gasteiger partial charge in [-0.3, -0.25) is 0 Å². The number of terminal acetylenes is 1. The van der Waals surface area contributed by atoms with Gasteiger partial charge in [0, 0.05) is 18.7 Å². The Balaban J connectivity index is 2.56. The average Bonchev–Trinajstić information content (AvgIpc) is 2.37. The van der Waals surface area contributed by atoms with E-state index in [1.807, 2.05) is 45.0 Å². The second-order valence-electron chi connectivity index (χ2n) is 5.22. The van der Waals surface area contributed by atoms with Crippen LogP contribution in [-0.4, -0.2) is 23.9 Å². The SMILES string of the molecule is C#CCOc1ccccc1CNCC(C)(O)C(C)C. The molecule has 0 bridgehead atoms. The predicted molar refractivity (Wildman–Crippen MR) is 77.9 cm³/mol. The number of benzene rings is 1. The van der Waals surface area contributed by atoms with Crippen molar-refractivity contribution in [3.05, 3.63) is 29.8 Å². The van der Waals surface area contributed by atoms with E-state index >= 15 is 0 Å². The topological polar surface area (TPSA) is 41.5 Å². The van der Waals surface area contributed by atoms with Gasteiger partial charge < -0.3 is 15.2 Å². The van der Waals surface area contributed by atoms with Crippen LogP contribution in [0.5, 0.6) is 5.75 Å². The van der Waals surface area contributed by atoms with E-state index in [2.05, 4.69) is 11.2 Å². The molecule has 0 saturated heterocycles. The van der Waals surface area contributed by atoms with E-state index in [9.17, 15) is 5.11 Å². The summed E-state index contributed by atoms with van der Waals surface area (Å²) in [6.07, 6.45) is 5.19. The van der Waals surface area contributed by atoms with E-state index in [0.29, 0.717) is 13.1 Å². The van der Waals surface area contributed by atoms with Crippen LogP contribution in [0.2, 0.25) is 0 Å². The van der Waals surface area contributed by atoms with Gasteiger partial charge in [0.05, 0.1) is 5.60 Å². The summed E-state index contributed by atoms with van der Waals surface area (Å²) in [5.74, 6) is 3.45. The second-order valence-corrected chi connectivity index (χ2v) is 5.22. The van der Waals surface area contributed by atoms with E-state index in [1.165, 1.54) is 0 Å². The molecule has 2 N–H and O–H groups in total. The first-order valence-electron chi connectivity index (χ1n) is 6.54. The van der Waals surface area contributed by atoms with Crippen molar-refractivity contribution >= 4 is 0 Å². The van der Waals surface area contributed by atoms with Gasteiger partial charge >= 0.3 is 0 Å². The summed E-state index contributed by atoms with van der Waals surface area (Å²) < 4.78 is 5.48. The summed E-state index contributed by atoms with van der Waals surface area (Å²) in [5.41, 5.74) is 0.325. The molecule has 0 aliphatic carbocycles. The third-order valence-electron chi connectivity index (χ3n) is 3.33. The number of hydrogen-bond acceptors (Lipinski definition) is 3. The highest BCUT2D eigenvalue weighted by molar-refractivity contribution is 5.33. The van der Waals surface area contributed by atoms with Crippen molar-refractivity contribution in [3.63, 3.8) is 0 Å². The summed E-state index contributed by atoms with van der Waals surface area (Å²) >= 11 is 0.